The third-order valence-corrected chi connectivity index (χ3v) is 4.83. The highest BCUT2D eigenvalue weighted by atomic mass is 16.6. The number of esters is 1. The van der Waals surface area contributed by atoms with Crippen LogP contribution < -0.4 is 15.6 Å². The van der Waals surface area contributed by atoms with E-state index in [0.717, 1.165) is 0 Å². The molecular formula is C23H22N4O5. The minimum atomic E-state index is -1.17. The molecule has 1 N–H and O–H groups in total. The van der Waals surface area contributed by atoms with Gasteiger partial charge in [-0.05, 0) is 38.1 Å². The van der Waals surface area contributed by atoms with Gasteiger partial charge in [-0.3, -0.25) is 14.3 Å². The van der Waals surface area contributed by atoms with Crippen LogP contribution in [0.15, 0.2) is 59.4 Å². The van der Waals surface area contributed by atoms with E-state index < -0.39 is 30.1 Å². The monoisotopic (exact) mass is 434 g/mol. The van der Waals surface area contributed by atoms with Gasteiger partial charge in [0.2, 0.25) is 0 Å². The van der Waals surface area contributed by atoms with E-state index >= 15 is 0 Å². The number of nitriles is 1. The van der Waals surface area contributed by atoms with Gasteiger partial charge in [-0.25, -0.2) is 9.48 Å². The molecule has 1 heterocycles. The number of carbonyl (C=O) groups excluding carboxylic acids is 2. The Balaban J connectivity index is 1.65. The van der Waals surface area contributed by atoms with Gasteiger partial charge >= 0.3 is 5.97 Å². The van der Waals surface area contributed by atoms with Gasteiger partial charge in [-0.2, -0.15) is 5.26 Å². The number of benzene rings is 2. The standard InChI is InChI=1S/C23H22N4O5/c1-15-21(23(30)27(26(15)3)18-10-5-4-6-11-18)25-22(29)16(2)32-20(28)14-31-19-12-8-7-9-17(19)13-24/h4-12,16H,14H2,1-3H3,(H,25,29). The van der Waals surface area contributed by atoms with Crippen LogP contribution in [0.25, 0.3) is 5.69 Å². The highest BCUT2D eigenvalue weighted by Gasteiger charge is 2.23. The van der Waals surface area contributed by atoms with Gasteiger partial charge in [0.15, 0.2) is 12.7 Å². The molecule has 1 atom stereocenters. The summed E-state index contributed by atoms with van der Waals surface area (Å²) < 4.78 is 13.5. The van der Waals surface area contributed by atoms with Crippen molar-refractivity contribution in [3.8, 4) is 17.5 Å². The molecule has 1 amide bonds. The Morgan fingerprint density at radius 3 is 2.47 bits per heavy atom. The van der Waals surface area contributed by atoms with Crippen LogP contribution in [-0.2, 0) is 21.4 Å². The molecule has 0 saturated heterocycles. The first kappa shape index (κ1) is 22.4. The fraction of sp³-hybridized carbons (Fsp3) is 0.217. The van der Waals surface area contributed by atoms with E-state index in [-0.39, 0.29) is 17.0 Å². The van der Waals surface area contributed by atoms with Crippen molar-refractivity contribution in [2.45, 2.75) is 20.0 Å². The zero-order valence-electron chi connectivity index (χ0n) is 17.9. The summed E-state index contributed by atoms with van der Waals surface area (Å²) in [5.41, 5.74) is 1.17. The lowest BCUT2D eigenvalue weighted by molar-refractivity contribution is -0.155. The maximum absolute atomic E-state index is 12.9. The third kappa shape index (κ3) is 4.70. The maximum atomic E-state index is 12.9. The molecule has 0 saturated carbocycles. The van der Waals surface area contributed by atoms with Crippen LogP contribution in [0.2, 0.25) is 0 Å². The number of hydrogen-bond donors (Lipinski definition) is 1. The minimum absolute atomic E-state index is 0.100. The number of nitrogens with zero attached hydrogens (tertiary/aromatic N) is 3. The number of ether oxygens (including phenoxy) is 2. The number of aromatic nitrogens is 2. The van der Waals surface area contributed by atoms with Crippen LogP contribution in [-0.4, -0.2) is 34.0 Å². The molecule has 3 aromatic rings. The summed E-state index contributed by atoms with van der Waals surface area (Å²) in [4.78, 5) is 37.5. The fourth-order valence-electron chi connectivity index (χ4n) is 3.04. The molecule has 0 aliphatic carbocycles. The summed E-state index contributed by atoms with van der Waals surface area (Å²) in [6.45, 7) is 2.62. The quantitative estimate of drug-likeness (QED) is 0.571. The van der Waals surface area contributed by atoms with Crippen molar-refractivity contribution in [3.05, 3.63) is 76.2 Å². The van der Waals surface area contributed by atoms with Crippen molar-refractivity contribution < 1.29 is 19.1 Å². The number of para-hydroxylation sites is 2. The zero-order chi connectivity index (χ0) is 23.3. The molecule has 0 fully saturated rings. The van der Waals surface area contributed by atoms with E-state index in [9.17, 15) is 14.4 Å². The lowest BCUT2D eigenvalue weighted by Crippen LogP contribution is -2.33. The Labute approximate surface area is 184 Å². The van der Waals surface area contributed by atoms with Gasteiger partial charge in [0.1, 0.15) is 17.5 Å². The van der Waals surface area contributed by atoms with Gasteiger partial charge in [-0.15, -0.1) is 0 Å². The summed E-state index contributed by atoms with van der Waals surface area (Å²) in [5.74, 6) is -1.20. The molecule has 0 radical (unpaired) electrons. The Kier molecular flexibility index (Phi) is 6.75. The molecule has 0 aliphatic heterocycles. The van der Waals surface area contributed by atoms with Crippen molar-refractivity contribution in [1.82, 2.24) is 9.36 Å². The van der Waals surface area contributed by atoms with E-state index in [1.54, 1.807) is 67.2 Å². The first-order chi connectivity index (χ1) is 15.3. The largest absolute Gasteiger partial charge is 0.481 e. The molecule has 9 nitrogen and oxygen atoms in total. The minimum Gasteiger partial charge on any atom is -0.481 e. The smallest absolute Gasteiger partial charge is 0.344 e. The molecule has 3 rings (SSSR count). The normalized spacial score (nSPS) is 11.3. The summed E-state index contributed by atoms with van der Waals surface area (Å²) in [6.07, 6.45) is -1.17. The average molecular weight is 434 g/mol. The molecule has 1 aromatic heterocycles. The molecular weight excluding hydrogens is 412 g/mol. The predicted molar refractivity (Wildman–Crippen MR) is 117 cm³/mol. The van der Waals surface area contributed by atoms with Gasteiger partial charge in [-0.1, -0.05) is 30.3 Å². The number of hydrogen-bond acceptors (Lipinski definition) is 6. The van der Waals surface area contributed by atoms with Gasteiger partial charge < -0.3 is 14.8 Å². The highest BCUT2D eigenvalue weighted by molar-refractivity contribution is 5.95. The van der Waals surface area contributed by atoms with Gasteiger partial charge in [0, 0.05) is 7.05 Å². The van der Waals surface area contributed by atoms with Crippen molar-refractivity contribution >= 4 is 17.6 Å². The summed E-state index contributed by atoms with van der Waals surface area (Å²) >= 11 is 0. The molecule has 0 bridgehead atoms. The first-order valence-electron chi connectivity index (χ1n) is 9.79. The molecule has 2 aromatic carbocycles. The topological polar surface area (TPSA) is 115 Å². The summed E-state index contributed by atoms with van der Waals surface area (Å²) in [6, 6.07) is 17.4. The molecule has 164 valence electrons. The maximum Gasteiger partial charge on any atom is 0.344 e. The first-order valence-corrected chi connectivity index (χ1v) is 9.79. The Morgan fingerprint density at radius 2 is 1.78 bits per heavy atom. The second-order valence-corrected chi connectivity index (χ2v) is 6.95. The summed E-state index contributed by atoms with van der Waals surface area (Å²) in [7, 11) is 1.71. The van der Waals surface area contributed by atoms with Crippen molar-refractivity contribution in [3.63, 3.8) is 0 Å². The van der Waals surface area contributed by atoms with E-state index in [1.807, 2.05) is 12.1 Å². The zero-order valence-corrected chi connectivity index (χ0v) is 17.9. The molecule has 0 aliphatic rings. The van der Waals surface area contributed by atoms with E-state index in [2.05, 4.69) is 5.32 Å². The number of anilines is 1. The second-order valence-electron chi connectivity index (χ2n) is 6.95. The van der Waals surface area contributed by atoms with Crippen LogP contribution in [0.4, 0.5) is 5.69 Å². The van der Waals surface area contributed by atoms with E-state index in [4.69, 9.17) is 14.7 Å². The Bertz CT molecular complexity index is 1240. The number of carbonyl (C=O) groups is 2. The fourth-order valence-corrected chi connectivity index (χ4v) is 3.04. The number of nitrogens with one attached hydrogen (secondary N) is 1. The van der Waals surface area contributed by atoms with Gasteiger partial charge in [0.25, 0.3) is 11.5 Å². The van der Waals surface area contributed by atoms with Crippen LogP contribution >= 0.6 is 0 Å². The third-order valence-electron chi connectivity index (χ3n) is 4.83. The summed E-state index contributed by atoms with van der Waals surface area (Å²) in [5, 5.41) is 11.6. The Morgan fingerprint density at radius 1 is 1.12 bits per heavy atom. The molecule has 0 spiro atoms. The SMILES string of the molecule is Cc1c(NC(=O)C(C)OC(=O)COc2ccccc2C#N)c(=O)n(-c2ccccc2)n1C. The van der Waals surface area contributed by atoms with Crippen molar-refractivity contribution in [2.24, 2.45) is 7.05 Å². The molecule has 32 heavy (non-hydrogen) atoms. The second kappa shape index (κ2) is 9.66. The predicted octanol–water partition coefficient (Wildman–Crippen LogP) is 2.31. The van der Waals surface area contributed by atoms with Crippen LogP contribution in [0.1, 0.15) is 18.2 Å². The average Bonchev–Trinajstić information content (AvgIpc) is 3.01. The van der Waals surface area contributed by atoms with E-state index in [0.29, 0.717) is 11.4 Å². The van der Waals surface area contributed by atoms with Crippen molar-refractivity contribution in [1.29, 1.82) is 5.26 Å². The Hall–Kier alpha value is -4.32. The lowest BCUT2D eigenvalue weighted by atomic mass is 10.2. The van der Waals surface area contributed by atoms with Gasteiger partial charge in [0.05, 0.1) is 16.9 Å². The number of rotatable bonds is 7. The van der Waals surface area contributed by atoms with E-state index in [1.165, 1.54) is 11.6 Å². The highest BCUT2D eigenvalue weighted by Crippen LogP contribution is 2.17. The van der Waals surface area contributed by atoms with Crippen LogP contribution in [0.3, 0.4) is 0 Å². The molecule has 1 unspecified atom stereocenters. The van der Waals surface area contributed by atoms with Crippen molar-refractivity contribution in [2.75, 3.05) is 11.9 Å². The van der Waals surface area contributed by atoms with Crippen LogP contribution in [0.5, 0.6) is 5.75 Å². The lowest BCUT2D eigenvalue weighted by Gasteiger charge is -2.13. The molecule has 9 heteroatoms. The van der Waals surface area contributed by atoms with Crippen LogP contribution in [0, 0.1) is 18.3 Å². The number of amides is 1.